The summed E-state index contributed by atoms with van der Waals surface area (Å²) in [4.78, 5) is 0. The number of thioether (sulfide) groups is 1. The Labute approximate surface area is 122 Å². The van der Waals surface area contributed by atoms with Crippen LogP contribution in [0.5, 0.6) is 0 Å². The maximum Gasteiger partial charge on any atom is 0.0449 e. The van der Waals surface area contributed by atoms with Crippen LogP contribution in [0.3, 0.4) is 0 Å². The van der Waals surface area contributed by atoms with Crippen LogP contribution < -0.4 is 5.32 Å². The summed E-state index contributed by atoms with van der Waals surface area (Å²) in [6.45, 7) is 3.26. The third-order valence-corrected chi connectivity index (χ3v) is 4.11. The Balaban J connectivity index is 2.64. The van der Waals surface area contributed by atoms with Gasteiger partial charge in [0.15, 0.2) is 0 Å². The van der Waals surface area contributed by atoms with Crippen LogP contribution in [0.4, 0.5) is 0 Å². The molecule has 1 atom stereocenters. The summed E-state index contributed by atoms with van der Waals surface area (Å²) in [7, 11) is 0. The molecule has 0 aliphatic rings. The molecule has 0 spiro atoms. The van der Waals surface area contributed by atoms with Crippen LogP contribution in [0.15, 0.2) is 22.7 Å². The molecule has 17 heavy (non-hydrogen) atoms. The lowest BCUT2D eigenvalue weighted by Gasteiger charge is -2.18. The minimum absolute atomic E-state index is 0.503. The fourth-order valence-electron chi connectivity index (χ4n) is 1.69. The third kappa shape index (κ3) is 5.64. The van der Waals surface area contributed by atoms with Gasteiger partial charge in [-0.25, -0.2) is 0 Å². The number of hydrogen-bond acceptors (Lipinski definition) is 2. The molecule has 0 saturated heterocycles. The summed E-state index contributed by atoms with van der Waals surface area (Å²) >= 11 is 11.5. The van der Waals surface area contributed by atoms with Gasteiger partial charge in [0.1, 0.15) is 0 Å². The van der Waals surface area contributed by atoms with Gasteiger partial charge in [0, 0.05) is 21.3 Å². The molecule has 1 aromatic carbocycles. The Morgan fingerprint density at radius 2 is 2.24 bits per heavy atom. The van der Waals surface area contributed by atoms with Gasteiger partial charge in [-0.2, -0.15) is 11.8 Å². The summed E-state index contributed by atoms with van der Waals surface area (Å²) in [5, 5.41) is 4.42. The van der Waals surface area contributed by atoms with E-state index < -0.39 is 0 Å². The second-order valence-corrected chi connectivity index (χ2v) is 6.28. The second-order valence-electron chi connectivity index (χ2n) is 4.05. The standard InChI is InChI=1S/C13H19BrClNS/c1-3-6-16-12(9-17-2)7-10-4-5-11(14)8-13(10)15/h4-5,8,12,16H,3,6-7,9H2,1-2H3. The summed E-state index contributed by atoms with van der Waals surface area (Å²) in [6.07, 6.45) is 4.30. The van der Waals surface area contributed by atoms with Crippen LogP contribution >= 0.6 is 39.3 Å². The molecule has 0 bridgehead atoms. The molecule has 4 heteroatoms. The van der Waals surface area contributed by atoms with E-state index >= 15 is 0 Å². The first-order valence-corrected chi connectivity index (χ1v) is 8.40. The Kier molecular flexibility index (Phi) is 7.60. The second kappa shape index (κ2) is 8.41. The molecule has 1 aromatic rings. The quantitative estimate of drug-likeness (QED) is 0.793. The molecule has 0 fully saturated rings. The lowest BCUT2D eigenvalue weighted by Crippen LogP contribution is -2.34. The molecular weight excluding hydrogens is 318 g/mol. The first kappa shape index (κ1) is 15.4. The highest BCUT2D eigenvalue weighted by Gasteiger charge is 2.10. The molecule has 1 N–H and O–H groups in total. The fraction of sp³-hybridized carbons (Fsp3) is 0.538. The highest BCUT2D eigenvalue weighted by molar-refractivity contribution is 9.10. The maximum absolute atomic E-state index is 6.24. The van der Waals surface area contributed by atoms with Crippen molar-refractivity contribution < 1.29 is 0 Å². The van der Waals surface area contributed by atoms with Gasteiger partial charge >= 0.3 is 0 Å². The van der Waals surface area contributed by atoms with Crippen molar-refractivity contribution in [3.05, 3.63) is 33.3 Å². The van der Waals surface area contributed by atoms with Crippen molar-refractivity contribution in [1.82, 2.24) is 5.32 Å². The zero-order chi connectivity index (χ0) is 12.7. The SMILES string of the molecule is CCCNC(CSC)Cc1ccc(Br)cc1Cl. The van der Waals surface area contributed by atoms with Gasteiger partial charge in [-0.05, 0) is 43.3 Å². The van der Waals surface area contributed by atoms with E-state index in [4.69, 9.17) is 11.6 Å². The molecule has 0 saturated carbocycles. The van der Waals surface area contributed by atoms with E-state index in [9.17, 15) is 0 Å². The van der Waals surface area contributed by atoms with Crippen LogP contribution in [-0.4, -0.2) is 24.6 Å². The topological polar surface area (TPSA) is 12.0 Å². The Hall–Kier alpha value is 0.300. The van der Waals surface area contributed by atoms with Crippen molar-refractivity contribution in [3.63, 3.8) is 0 Å². The minimum atomic E-state index is 0.503. The van der Waals surface area contributed by atoms with Gasteiger partial charge in [-0.15, -0.1) is 0 Å². The molecular formula is C13H19BrClNS. The van der Waals surface area contributed by atoms with Crippen molar-refractivity contribution in [2.75, 3.05) is 18.6 Å². The number of halogens is 2. The zero-order valence-electron chi connectivity index (χ0n) is 10.3. The summed E-state index contributed by atoms with van der Waals surface area (Å²) < 4.78 is 1.04. The van der Waals surface area contributed by atoms with Crippen LogP contribution in [0.1, 0.15) is 18.9 Å². The van der Waals surface area contributed by atoms with Crippen molar-refractivity contribution in [1.29, 1.82) is 0 Å². The lowest BCUT2D eigenvalue weighted by atomic mass is 10.1. The van der Waals surface area contributed by atoms with Crippen molar-refractivity contribution in [2.24, 2.45) is 0 Å². The number of rotatable bonds is 7. The molecule has 96 valence electrons. The Morgan fingerprint density at radius 3 is 2.82 bits per heavy atom. The lowest BCUT2D eigenvalue weighted by molar-refractivity contribution is 0.550. The Bertz CT molecular complexity index is 346. The fourth-order valence-corrected chi connectivity index (χ4v) is 3.08. The highest BCUT2D eigenvalue weighted by atomic mass is 79.9. The smallest absolute Gasteiger partial charge is 0.0449 e. The maximum atomic E-state index is 6.24. The first-order valence-electron chi connectivity index (χ1n) is 5.83. The van der Waals surface area contributed by atoms with E-state index in [2.05, 4.69) is 46.6 Å². The molecule has 0 aromatic heterocycles. The average molecular weight is 337 g/mol. The van der Waals surface area contributed by atoms with Gasteiger partial charge in [-0.1, -0.05) is 40.5 Å². The van der Waals surface area contributed by atoms with E-state index in [0.29, 0.717) is 6.04 Å². The van der Waals surface area contributed by atoms with Gasteiger partial charge < -0.3 is 5.32 Å². The van der Waals surface area contributed by atoms with Gasteiger partial charge in [0.25, 0.3) is 0 Å². The molecule has 1 nitrogen and oxygen atoms in total. The highest BCUT2D eigenvalue weighted by Crippen LogP contribution is 2.23. The monoisotopic (exact) mass is 335 g/mol. The number of hydrogen-bond donors (Lipinski definition) is 1. The van der Waals surface area contributed by atoms with Gasteiger partial charge in [0.05, 0.1) is 0 Å². The molecule has 0 amide bonds. The molecule has 0 aliphatic heterocycles. The molecule has 0 radical (unpaired) electrons. The predicted octanol–water partition coefficient (Wildman–Crippen LogP) is 4.38. The van der Waals surface area contributed by atoms with Gasteiger partial charge in [0.2, 0.25) is 0 Å². The average Bonchev–Trinajstić information content (AvgIpc) is 2.29. The minimum Gasteiger partial charge on any atom is -0.313 e. The normalized spacial score (nSPS) is 12.7. The number of nitrogens with one attached hydrogen (secondary N) is 1. The molecule has 0 aliphatic carbocycles. The summed E-state index contributed by atoms with van der Waals surface area (Å²) in [6, 6.07) is 6.63. The molecule has 1 unspecified atom stereocenters. The van der Waals surface area contributed by atoms with Crippen molar-refractivity contribution in [2.45, 2.75) is 25.8 Å². The van der Waals surface area contributed by atoms with E-state index in [1.807, 2.05) is 17.8 Å². The number of benzene rings is 1. The van der Waals surface area contributed by atoms with Crippen LogP contribution in [0.2, 0.25) is 5.02 Å². The van der Waals surface area contributed by atoms with Crippen molar-refractivity contribution in [3.8, 4) is 0 Å². The summed E-state index contributed by atoms with van der Waals surface area (Å²) in [5.41, 5.74) is 1.22. The Morgan fingerprint density at radius 1 is 1.47 bits per heavy atom. The van der Waals surface area contributed by atoms with E-state index in [-0.39, 0.29) is 0 Å². The van der Waals surface area contributed by atoms with Crippen LogP contribution in [-0.2, 0) is 6.42 Å². The largest absolute Gasteiger partial charge is 0.313 e. The van der Waals surface area contributed by atoms with E-state index in [1.165, 1.54) is 12.0 Å². The van der Waals surface area contributed by atoms with Crippen LogP contribution in [0.25, 0.3) is 0 Å². The summed E-state index contributed by atoms with van der Waals surface area (Å²) in [5.74, 6) is 1.12. The predicted molar refractivity (Wildman–Crippen MR) is 83.3 cm³/mol. The van der Waals surface area contributed by atoms with E-state index in [1.54, 1.807) is 0 Å². The molecule has 0 heterocycles. The molecule has 1 rings (SSSR count). The first-order chi connectivity index (χ1) is 8.17. The third-order valence-electron chi connectivity index (χ3n) is 2.53. The van der Waals surface area contributed by atoms with Gasteiger partial charge in [-0.3, -0.25) is 0 Å². The van der Waals surface area contributed by atoms with Crippen molar-refractivity contribution >= 4 is 39.3 Å². The van der Waals surface area contributed by atoms with E-state index in [0.717, 1.165) is 28.2 Å². The zero-order valence-corrected chi connectivity index (χ0v) is 13.5. The van der Waals surface area contributed by atoms with Crippen LogP contribution in [0, 0.1) is 0 Å².